The maximum atomic E-state index is 12.8. The highest BCUT2D eigenvalue weighted by molar-refractivity contribution is 5.74. The third-order valence-corrected chi connectivity index (χ3v) is 5.50. The van der Waals surface area contributed by atoms with E-state index in [9.17, 15) is 4.79 Å². The van der Waals surface area contributed by atoms with Crippen molar-refractivity contribution < 1.29 is 9.53 Å². The first-order valence-electron chi connectivity index (χ1n) is 9.35. The Balaban J connectivity index is 1.49. The average molecular weight is 354 g/mol. The van der Waals surface area contributed by atoms with Crippen LogP contribution in [-0.2, 0) is 6.54 Å². The number of carbonyl (C=O) groups excluding carboxylic acids is 1. The lowest BCUT2D eigenvalue weighted by Crippen LogP contribution is -2.46. The van der Waals surface area contributed by atoms with Crippen LogP contribution in [0.25, 0.3) is 0 Å². The minimum atomic E-state index is -0.122. The van der Waals surface area contributed by atoms with Gasteiger partial charge in [0.05, 0.1) is 12.6 Å². The second kappa shape index (κ2) is 6.67. The zero-order valence-electron chi connectivity index (χ0n) is 15.4. The molecule has 2 amide bonds. The SMILES string of the molecule is Cc1cnc(CN(C)C(=O)N[C@@H]2CC3(CCCC3)Oc3ccccc32)[nH]1. The van der Waals surface area contributed by atoms with Crippen molar-refractivity contribution in [2.75, 3.05) is 7.05 Å². The van der Waals surface area contributed by atoms with Gasteiger partial charge >= 0.3 is 6.03 Å². The number of benzene rings is 1. The quantitative estimate of drug-likeness (QED) is 0.883. The number of aromatic nitrogens is 2. The summed E-state index contributed by atoms with van der Waals surface area (Å²) in [6.45, 7) is 2.41. The molecular weight excluding hydrogens is 328 g/mol. The van der Waals surface area contributed by atoms with Gasteiger partial charge in [0.25, 0.3) is 0 Å². The van der Waals surface area contributed by atoms with E-state index in [0.29, 0.717) is 6.54 Å². The fraction of sp³-hybridized carbons (Fsp3) is 0.500. The van der Waals surface area contributed by atoms with Gasteiger partial charge in [-0.25, -0.2) is 9.78 Å². The van der Waals surface area contributed by atoms with Gasteiger partial charge in [-0.3, -0.25) is 0 Å². The second-order valence-corrected chi connectivity index (χ2v) is 7.61. The molecule has 1 aliphatic carbocycles. The third-order valence-electron chi connectivity index (χ3n) is 5.50. The minimum absolute atomic E-state index is 0.0219. The number of hydrogen-bond donors (Lipinski definition) is 2. The molecule has 0 bridgehead atoms. The van der Waals surface area contributed by atoms with Gasteiger partial charge in [0.2, 0.25) is 0 Å². The fourth-order valence-electron chi connectivity index (χ4n) is 4.18. The molecule has 26 heavy (non-hydrogen) atoms. The number of imidazole rings is 1. The van der Waals surface area contributed by atoms with Crippen molar-refractivity contribution in [3.05, 3.63) is 47.5 Å². The first kappa shape index (κ1) is 16.9. The lowest BCUT2D eigenvalue weighted by Gasteiger charge is -2.40. The molecule has 6 heteroatoms. The molecule has 2 N–H and O–H groups in total. The summed E-state index contributed by atoms with van der Waals surface area (Å²) in [5.41, 5.74) is 1.94. The molecule has 1 aromatic heterocycles. The molecule has 6 nitrogen and oxygen atoms in total. The Labute approximate surface area is 154 Å². The van der Waals surface area contributed by atoms with E-state index in [2.05, 4.69) is 21.4 Å². The Morgan fingerprint density at radius 2 is 2.15 bits per heavy atom. The van der Waals surface area contributed by atoms with E-state index < -0.39 is 0 Å². The van der Waals surface area contributed by atoms with E-state index in [1.54, 1.807) is 18.1 Å². The maximum absolute atomic E-state index is 12.8. The van der Waals surface area contributed by atoms with Gasteiger partial charge in [-0.2, -0.15) is 0 Å². The van der Waals surface area contributed by atoms with Crippen molar-refractivity contribution in [1.82, 2.24) is 20.2 Å². The van der Waals surface area contributed by atoms with E-state index in [0.717, 1.165) is 42.1 Å². The molecule has 1 fully saturated rings. The van der Waals surface area contributed by atoms with Crippen molar-refractivity contribution in [2.24, 2.45) is 0 Å². The number of nitrogens with one attached hydrogen (secondary N) is 2. The van der Waals surface area contributed by atoms with Gasteiger partial charge in [-0.05, 0) is 38.7 Å². The van der Waals surface area contributed by atoms with Crippen LogP contribution in [0.1, 0.15) is 55.2 Å². The van der Waals surface area contributed by atoms with Gasteiger partial charge in [0.15, 0.2) is 0 Å². The maximum Gasteiger partial charge on any atom is 0.318 e. The molecule has 4 rings (SSSR count). The monoisotopic (exact) mass is 354 g/mol. The summed E-state index contributed by atoms with van der Waals surface area (Å²) >= 11 is 0. The van der Waals surface area contributed by atoms with Crippen LogP contribution >= 0.6 is 0 Å². The summed E-state index contributed by atoms with van der Waals surface area (Å²) in [5.74, 6) is 1.70. The standard InChI is InChI=1S/C20H26N4O2/c1-14-12-21-18(22-14)13-24(2)19(25)23-16-11-20(9-5-6-10-20)26-17-8-4-3-7-15(16)17/h3-4,7-8,12,16H,5-6,9-11,13H2,1-2H3,(H,21,22)(H,23,25)/t16-/m1/s1. The molecule has 1 atom stereocenters. The van der Waals surface area contributed by atoms with Crippen LogP contribution in [-0.4, -0.2) is 33.5 Å². The zero-order valence-corrected chi connectivity index (χ0v) is 15.4. The van der Waals surface area contributed by atoms with Crippen molar-refractivity contribution in [3.8, 4) is 5.75 Å². The van der Waals surface area contributed by atoms with Crippen molar-refractivity contribution in [3.63, 3.8) is 0 Å². The normalized spacial score (nSPS) is 20.5. The number of nitrogens with zero attached hydrogens (tertiary/aromatic N) is 2. The van der Waals surface area contributed by atoms with E-state index in [1.165, 1.54) is 12.8 Å². The summed E-state index contributed by atoms with van der Waals surface area (Å²) < 4.78 is 6.37. The highest BCUT2D eigenvalue weighted by Gasteiger charge is 2.43. The summed E-state index contributed by atoms with van der Waals surface area (Å²) in [7, 11) is 1.80. The molecule has 2 heterocycles. The highest BCUT2D eigenvalue weighted by Crippen LogP contribution is 2.47. The van der Waals surface area contributed by atoms with E-state index in [-0.39, 0.29) is 17.7 Å². The predicted molar refractivity (Wildman–Crippen MR) is 99.0 cm³/mol. The third kappa shape index (κ3) is 3.28. The number of aromatic amines is 1. The molecule has 0 saturated heterocycles. The van der Waals surface area contributed by atoms with Crippen molar-refractivity contribution in [2.45, 2.75) is 57.2 Å². The molecule has 1 spiro atoms. The van der Waals surface area contributed by atoms with Gasteiger partial charge < -0.3 is 19.9 Å². The van der Waals surface area contributed by atoms with Crippen LogP contribution in [0.4, 0.5) is 4.79 Å². The number of urea groups is 1. The van der Waals surface area contributed by atoms with Crippen molar-refractivity contribution >= 4 is 6.03 Å². The van der Waals surface area contributed by atoms with Gasteiger partial charge in [-0.1, -0.05) is 18.2 Å². The number of amides is 2. The number of carbonyl (C=O) groups is 1. The first-order chi connectivity index (χ1) is 12.5. The van der Waals surface area contributed by atoms with Crippen LogP contribution in [0, 0.1) is 6.92 Å². The molecule has 138 valence electrons. The molecular formula is C20H26N4O2. The molecule has 0 radical (unpaired) electrons. The largest absolute Gasteiger partial charge is 0.487 e. The Kier molecular flexibility index (Phi) is 4.34. The van der Waals surface area contributed by atoms with Gasteiger partial charge in [0, 0.05) is 30.9 Å². The summed E-state index contributed by atoms with van der Waals surface area (Å²) in [6.07, 6.45) is 7.13. The van der Waals surface area contributed by atoms with E-state index >= 15 is 0 Å². The minimum Gasteiger partial charge on any atom is -0.487 e. The summed E-state index contributed by atoms with van der Waals surface area (Å²) in [4.78, 5) is 21.9. The summed E-state index contributed by atoms with van der Waals surface area (Å²) in [6, 6.07) is 7.96. The molecule has 1 saturated carbocycles. The van der Waals surface area contributed by atoms with Crippen LogP contribution in [0.2, 0.25) is 0 Å². The molecule has 2 aromatic rings. The average Bonchev–Trinajstić information content (AvgIpc) is 3.24. The fourth-order valence-corrected chi connectivity index (χ4v) is 4.18. The number of aryl methyl sites for hydroxylation is 1. The lowest BCUT2D eigenvalue weighted by atomic mass is 9.86. The van der Waals surface area contributed by atoms with Crippen LogP contribution in [0.3, 0.4) is 0 Å². The molecule has 1 aromatic carbocycles. The predicted octanol–water partition coefficient (Wildman–Crippen LogP) is 3.70. The van der Waals surface area contributed by atoms with E-state index in [4.69, 9.17) is 4.74 Å². The summed E-state index contributed by atoms with van der Waals surface area (Å²) in [5, 5.41) is 3.22. The molecule has 2 aliphatic rings. The number of hydrogen-bond acceptors (Lipinski definition) is 3. The van der Waals surface area contributed by atoms with Crippen molar-refractivity contribution in [1.29, 1.82) is 0 Å². The highest BCUT2D eigenvalue weighted by atomic mass is 16.5. The molecule has 1 aliphatic heterocycles. The second-order valence-electron chi connectivity index (χ2n) is 7.61. The number of H-pyrrole nitrogens is 1. The van der Waals surface area contributed by atoms with Gasteiger partial charge in [-0.15, -0.1) is 0 Å². The number of para-hydroxylation sites is 1. The van der Waals surface area contributed by atoms with Crippen LogP contribution in [0.15, 0.2) is 30.5 Å². The van der Waals surface area contributed by atoms with Crippen LogP contribution in [0.5, 0.6) is 5.75 Å². The van der Waals surface area contributed by atoms with E-state index in [1.807, 2.05) is 25.1 Å². The topological polar surface area (TPSA) is 70.2 Å². The van der Waals surface area contributed by atoms with Crippen LogP contribution < -0.4 is 10.1 Å². The Hall–Kier alpha value is -2.50. The lowest BCUT2D eigenvalue weighted by molar-refractivity contribution is 0.0377. The Bertz CT molecular complexity index is 795. The number of fused-ring (bicyclic) bond motifs is 1. The number of ether oxygens (including phenoxy) is 1. The smallest absolute Gasteiger partial charge is 0.318 e. The van der Waals surface area contributed by atoms with Gasteiger partial charge in [0.1, 0.15) is 17.2 Å². The number of rotatable bonds is 3. The Morgan fingerprint density at radius 3 is 2.88 bits per heavy atom. The molecule has 0 unspecified atom stereocenters. The first-order valence-corrected chi connectivity index (χ1v) is 9.35. The zero-order chi connectivity index (χ0) is 18.1. The Morgan fingerprint density at radius 1 is 1.38 bits per heavy atom.